The van der Waals surface area contributed by atoms with Crippen molar-refractivity contribution in [3.63, 3.8) is 0 Å². The molecule has 11 heteroatoms. The minimum atomic E-state index is -1.28. The number of aliphatic carboxylic acids is 1. The topological polar surface area (TPSA) is 136 Å². The van der Waals surface area contributed by atoms with Crippen LogP contribution in [0.25, 0.3) is 6.08 Å². The summed E-state index contributed by atoms with van der Waals surface area (Å²) in [6, 6.07) is 9.35. The number of allylic oxidation sites excluding steroid dienone is 1. The van der Waals surface area contributed by atoms with Crippen LogP contribution in [0, 0.1) is 10.1 Å². The average Bonchev–Trinajstić information content (AvgIpc) is 3.05. The van der Waals surface area contributed by atoms with Gasteiger partial charge in [0, 0.05) is 17.7 Å². The minimum absolute atomic E-state index is 0.0224. The molecule has 2 aromatic rings. The van der Waals surface area contributed by atoms with Crippen LogP contribution in [0.1, 0.15) is 16.7 Å². The number of carbonyl (C=O) groups is 3. The third-order valence-corrected chi connectivity index (χ3v) is 5.64. The second-order valence-corrected chi connectivity index (χ2v) is 8.07. The summed E-state index contributed by atoms with van der Waals surface area (Å²) < 4.78 is 11.4. The van der Waals surface area contributed by atoms with Crippen LogP contribution in [0.15, 0.2) is 54.0 Å². The third-order valence-electron chi connectivity index (χ3n) is 4.73. The number of hydrogen-bond donors (Lipinski definition) is 1. The molecular formula is C23H20N2O8S. The zero-order chi connectivity index (χ0) is 24.8. The first-order valence-electron chi connectivity index (χ1n) is 9.88. The molecule has 10 nitrogen and oxygen atoms in total. The van der Waals surface area contributed by atoms with Crippen molar-refractivity contribution in [2.45, 2.75) is 13.0 Å². The fourth-order valence-corrected chi connectivity index (χ4v) is 4.02. The molecule has 0 unspecified atom stereocenters. The molecule has 0 aromatic heterocycles. The molecule has 0 saturated carbocycles. The quantitative estimate of drug-likeness (QED) is 0.229. The Labute approximate surface area is 198 Å². The van der Waals surface area contributed by atoms with Crippen LogP contribution in [0.2, 0.25) is 0 Å². The van der Waals surface area contributed by atoms with E-state index in [0.717, 1.165) is 0 Å². The number of ether oxygens (including phenoxy) is 2. The Hall–Kier alpha value is -4.12. The number of imide groups is 1. The SMILES string of the molecule is C=CCc1cc(/C=C2/SC(=O)N(CC(=O)O)C2=O)cc(OC)c1OCc1ccc([N+](=O)[O-])cc1. The van der Waals surface area contributed by atoms with E-state index in [1.165, 1.54) is 25.3 Å². The molecule has 1 aliphatic rings. The minimum Gasteiger partial charge on any atom is -0.493 e. The number of thioether (sulfide) groups is 1. The Bertz CT molecular complexity index is 1190. The number of rotatable bonds is 10. The highest BCUT2D eigenvalue weighted by Crippen LogP contribution is 2.37. The van der Waals surface area contributed by atoms with Gasteiger partial charge in [0.2, 0.25) is 0 Å². The van der Waals surface area contributed by atoms with E-state index in [4.69, 9.17) is 14.6 Å². The molecule has 3 rings (SSSR count). The molecule has 2 amide bonds. The normalized spacial score (nSPS) is 14.4. The maximum atomic E-state index is 12.5. The predicted octanol–water partition coefficient (Wildman–Crippen LogP) is 4.03. The molecule has 0 spiro atoms. The van der Waals surface area contributed by atoms with Gasteiger partial charge in [-0.15, -0.1) is 6.58 Å². The van der Waals surface area contributed by atoms with Gasteiger partial charge in [-0.3, -0.25) is 29.4 Å². The number of carbonyl (C=O) groups excluding carboxylic acids is 2. The smallest absolute Gasteiger partial charge is 0.323 e. The molecule has 1 heterocycles. The lowest BCUT2D eigenvalue weighted by atomic mass is 10.0. The molecule has 1 aliphatic heterocycles. The molecule has 0 aliphatic carbocycles. The van der Waals surface area contributed by atoms with Crippen LogP contribution in [0.3, 0.4) is 0 Å². The van der Waals surface area contributed by atoms with Crippen LogP contribution in [0.4, 0.5) is 10.5 Å². The lowest BCUT2D eigenvalue weighted by Crippen LogP contribution is -2.33. The van der Waals surface area contributed by atoms with Crippen molar-refractivity contribution in [1.82, 2.24) is 4.90 Å². The van der Waals surface area contributed by atoms with Crippen LogP contribution in [-0.2, 0) is 22.6 Å². The van der Waals surface area contributed by atoms with E-state index >= 15 is 0 Å². The molecule has 0 bridgehead atoms. The highest BCUT2D eigenvalue weighted by atomic mass is 32.2. The highest BCUT2D eigenvalue weighted by Gasteiger charge is 2.36. The van der Waals surface area contributed by atoms with E-state index < -0.39 is 28.6 Å². The number of nitro groups is 1. The van der Waals surface area contributed by atoms with Crippen molar-refractivity contribution in [1.29, 1.82) is 0 Å². The zero-order valence-corrected chi connectivity index (χ0v) is 18.9. The summed E-state index contributed by atoms with van der Waals surface area (Å²) >= 11 is 0.661. The summed E-state index contributed by atoms with van der Waals surface area (Å²) in [4.78, 5) is 46.5. The number of methoxy groups -OCH3 is 1. The Balaban J connectivity index is 1.88. The van der Waals surface area contributed by atoms with Crippen molar-refractivity contribution in [3.8, 4) is 11.5 Å². The van der Waals surface area contributed by atoms with Gasteiger partial charge >= 0.3 is 5.97 Å². The lowest BCUT2D eigenvalue weighted by Gasteiger charge is -2.16. The monoisotopic (exact) mass is 484 g/mol. The fourth-order valence-electron chi connectivity index (χ4n) is 3.18. The maximum Gasteiger partial charge on any atom is 0.323 e. The number of hydrogen-bond acceptors (Lipinski definition) is 8. The summed E-state index contributed by atoms with van der Waals surface area (Å²) in [6.45, 7) is 3.17. The summed E-state index contributed by atoms with van der Waals surface area (Å²) in [6.07, 6.45) is 3.56. The van der Waals surface area contributed by atoms with Gasteiger partial charge in [0.1, 0.15) is 13.2 Å². The first-order valence-corrected chi connectivity index (χ1v) is 10.7. The Morgan fingerprint density at radius 2 is 1.97 bits per heavy atom. The molecule has 0 atom stereocenters. The van der Waals surface area contributed by atoms with Gasteiger partial charge in [0.05, 0.1) is 16.9 Å². The predicted molar refractivity (Wildman–Crippen MR) is 125 cm³/mol. The fraction of sp³-hybridized carbons (Fsp3) is 0.174. The summed E-state index contributed by atoms with van der Waals surface area (Å²) in [5.74, 6) is -1.15. The van der Waals surface area contributed by atoms with Crippen LogP contribution in [0.5, 0.6) is 11.5 Å². The number of carboxylic acids is 1. The molecule has 1 fully saturated rings. The molecule has 1 N–H and O–H groups in total. The zero-order valence-electron chi connectivity index (χ0n) is 18.1. The number of amides is 2. The van der Waals surface area contributed by atoms with Gasteiger partial charge in [0.15, 0.2) is 11.5 Å². The third kappa shape index (κ3) is 5.62. The summed E-state index contributed by atoms with van der Waals surface area (Å²) in [5.41, 5.74) is 1.95. The van der Waals surface area contributed by atoms with Crippen molar-refractivity contribution < 1.29 is 33.9 Å². The molecule has 176 valence electrons. The van der Waals surface area contributed by atoms with Crippen LogP contribution >= 0.6 is 11.8 Å². The Morgan fingerprint density at radius 3 is 2.56 bits per heavy atom. The summed E-state index contributed by atoms with van der Waals surface area (Å²) in [7, 11) is 1.45. The van der Waals surface area contributed by atoms with E-state index in [-0.39, 0.29) is 17.2 Å². The van der Waals surface area contributed by atoms with Crippen LogP contribution < -0.4 is 9.47 Å². The van der Waals surface area contributed by atoms with E-state index in [9.17, 15) is 24.5 Å². The summed E-state index contributed by atoms with van der Waals surface area (Å²) in [5, 5.41) is 19.1. The first-order chi connectivity index (χ1) is 16.2. The van der Waals surface area contributed by atoms with E-state index in [0.29, 0.717) is 51.3 Å². The Morgan fingerprint density at radius 1 is 1.26 bits per heavy atom. The number of nitro benzene ring substituents is 1. The van der Waals surface area contributed by atoms with Crippen molar-refractivity contribution in [2.24, 2.45) is 0 Å². The Kier molecular flexibility index (Phi) is 7.69. The van der Waals surface area contributed by atoms with Crippen LogP contribution in [-0.4, -0.2) is 45.7 Å². The van der Waals surface area contributed by atoms with Crippen molar-refractivity contribution >= 4 is 40.6 Å². The number of nitrogens with zero attached hydrogens (tertiary/aromatic N) is 2. The van der Waals surface area contributed by atoms with Crippen molar-refractivity contribution in [2.75, 3.05) is 13.7 Å². The van der Waals surface area contributed by atoms with E-state index in [2.05, 4.69) is 6.58 Å². The average molecular weight is 484 g/mol. The lowest BCUT2D eigenvalue weighted by molar-refractivity contribution is -0.384. The number of carboxylic acid groups (broad SMARTS) is 1. The number of non-ortho nitro benzene ring substituents is 1. The molecule has 2 aromatic carbocycles. The van der Waals surface area contributed by atoms with E-state index in [1.54, 1.807) is 30.3 Å². The molecule has 0 radical (unpaired) electrons. The largest absolute Gasteiger partial charge is 0.493 e. The van der Waals surface area contributed by atoms with Gasteiger partial charge in [-0.1, -0.05) is 6.08 Å². The maximum absolute atomic E-state index is 12.5. The number of benzene rings is 2. The van der Waals surface area contributed by atoms with Gasteiger partial charge in [-0.05, 0) is 59.7 Å². The van der Waals surface area contributed by atoms with Gasteiger partial charge in [-0.25, -0.2) is 0 Å². The van der Waals surface area contributed by atoms with Gasteiger partial charge in [0.25, 0.3) is 16.8 Å². The second kappa shape index (κ2) is 10.7. The second-order valence-electron chi connectivity index (χ2n) is 7.08. The van der Waals surface area contributed by atoms with Gasteiger partial charge in [-0.2, -0.15) is 0 Å². The first kappa shape index (κ1) is 24.5. The standard InChI is InChI=1S/C23H20N2O8S/c1-3-4-16-9-15(11-19-22(28)24(12-20(26)27)23(29)34-19)10-18(32-2)21(16)33-13-14-5-7-17(8-6-14)25(30)31/h3,5-11H,1,4,12-13H2,2H3,(H,26,27)/b19-11+. The molecule has 34 heavy (non-hydrogen) atoms. The molecule has 1 saturated heterocycles. The van der Waals surface area contributed by atoms with Crippen molar-refractivity contribution in [3.05, 3.63) is 80.8 Å². The highest BCUT2D eigenvalue weighted by molar-refractivity contribution is 8.18. The van der Waals surface area contributed by atoms with E-state index in [1.807, 2.05) is 0 Å². The van der Waals surface area contributed by atoms with Gasteiger partial charge < -0.3 is 14.6 Å². The molecular weight excluding hydrogens is 464 g/mol.